The number of alkyl halides is 2. The number of anilines is 1. The number of rotatable bonds is 11. The fraction of sp³-hybridized carbons (Fsp3) is 0.227. The van der Waals surface area contributed by atoms with Gasteiger partial charge in [-0.1, -0.05) is 0 Å². The quantitative estimate of drug-likeness (QED) is 0.313. The summed E-state index contributed by atoms with van der Waals surface area (Å²) >= 11 is 0. The van der Waals surface area contributed by atoms with Gasteiger partial charge in [0.25, 0.3) is 18.0 Å². The minimum absolute atomic E-state index is 0.0120. The summed E-state index contributed by atoms with van der Waals surface area (Å²) in [6.45, 7) is 1.56. The molecule has 1 N–H and O–H groups in total. The van der Waals surface area contributed by atoms with Gasteiger partial charge in [-0.2, -0.15) is 0 Å². The summed E-state index contributed by atoms with van der Waals surface area (Å²) < 4.78 is 46.0. The van der Waals surface area contributed by atoms with Crippen LogP contribution >= 0.6 is 0 Å². The lowest BCUT2D eigenvalue weighted by molar-refractivity contribution is -0.384. The standard InChI is InChI=1S/C22H20F2N2O7/c1-2-30-16-3-5-17(6-4-16)31-12-18-7-8-20(33-18)22(27)25-14-9-15(26(28)29)11-19(10-14)32-13-21(23)24/h3-11,21H,2,12-13H2,1H3,(H,25,27). The summed E-state index contributed by atoms with van der Waals surface area (Å²) in [5.41, 5.74) is -0.442. The van der Waals surface area contributed by atoms with E-state index in [0.717, 1.165) is 12.1 Å². The molecule has 0 fully saturated rings. The lowest BCUT2D eigenvalue weighted by Crippen LogP contribution is -2.12. The molecular weight excluding hydrogens is 442 g/mol. The van der Waals surface area contributed by atoms with E-state index in [0.29, 0.717) is 23.9 Å². The number of furan rings is 1. The number of halogens is 2. The molecule has 0 unspecified atom stereocenters. The van der Waals surface area contributed by atoms with Crippen LogP contribution in [0.2, 0.25) is 0 Å². The number of carbonyl (C=O) groups is 1. The van der Waals surface area contributed by atoms with Crippen molar-refractivity contribution in [2.24, 2.45) is 0 Å². The molecule has 0 saturated heterocycles. The van der Waals surface area contributed by atoms with Gasteiger partial charge in [0, 0.05) is 12.1 Å². The number of nitrogens with zero attached hydrogens (tertiary/aromatic N) is 1. The summed E-state index contributed by atoms with van der Waals surface area (Å²) in [6, 6.07) is 13.2. The number of non-ortho nitro benzene ring substituents is 1. The van der Waals surface area contributed by atoms with Crippen LogP contribution < -0.4 is 19.5 Å². The van der Waals surface area contributed by atoms with E-state index in [4.69, 9.17) is 18.6 Å². The minimum atomic E-state index is -2.76. The maximum absolute atomic E-state index is 12.5. The summed E-state index contributed by atoms with van der Waals surface area (Å²) in [4.78, 5) is 22.8. The molecule has 2 aromatic carbocycles. The molecule has 174 valence electrons. The average Bonchev–Trinajstić information content (AvgIpc) is 3.26. The van der Waals surface area contributed by atoms with Crippen LogP contribution in [0.3, 0.4) is 0 Å². The van der Waals surface area contributed by atoms with Crippen molar-refractivity contribution in [1.29, 1.82) is 0 Å². The molecule has 0 spiro atoms. The molecule has 3 aromatic rings. The molecule has 0 bridgehead atoms. The highest BCUT2D eigenvalue weighted by atomic mass is 19.3. The van der Waals surface area contributed by atoms with Crippen molar-refractivity contribution in [1.82, 2.24) is 0 Å². The number of nitrogens with one attached hydrogen (secondary N) is 1. The second kappa shape index (κ2) is 10.9. The Morgan fingerprint density at radius 1 is 1.03 bits per heavy atom. The zero-order valence-electron chi connectivity index (χ0n) is 17.5. The van der Waals surface area contributed by atoms with E-state index in [2.05, 4.69) is 5.32 Å². The fourth-order valence-electron chi connectivity index (χ4n) is 2.73. The third-order valence-electron chi connectivity index (χ3n) is 4.14. The molecule has 0 aliphatic carbocycles. The Bertz CT molecular complexity index is 1100. The number of carbonyl (C=O) groups excluding carboxylic acids is 1. The van der Waals surface area contributed by atoms with E-state index in [1.807, 2.05) is 6.92 Å². The van der Waals surface area contributed by atoms with E-state index in [9.17, 15) is 23.7 Å². The van der Waals surface area contributed by atoms with Crippen LogP contribution in [0.15, 0.2) is 59.0 Å². The Morgan fingerprint density at radius 2 is 1.73 bits per heavy atom. The first-order chi connectivity index (χ1) is 15.8. The molecule has 9 nitrogen and oxygen atoms in total. The van der Waals surface area contributed by atoms with Gasteiger partial charge in [-0.3, -0.25) is 14.9 Å². The van der Waals surface area contributed by atoms with E-state index in [1.54, 1.807) is 30.3 Å². The first-order valence-corrected chi connectivity index (χ1v) is 9.80. The summed E-state index contributed by atoms with van der Waals surface area (Å²) in [7, 11) is 0. The van der Waals surface area contributed by atoms with Crippen LogP contribution in [0, 0.1) is 10.1 Å². The van der Waals surface area contributed by atoms with E-state index < -0.39 is 29.6 Å². The van der Waals surface area contributed by atoms with E-state index >= 15 is 0 Å². The minimum Gasteiger partial charge on any atom is -0.494 e. The van der Waals surface area contributed by atoms with Gasteiger partial charge in [0.2, 0.25) is 0 Å². The molecule has 0 saturated carbocycles. The molecule has 1 heterocycles. The largest absolute Gasteiger partial charge is 0.494 e. The maximum Gasteiger partial charge on any atom is 0.291 e. The van der Waals surface area contributed by atoms with Crippen molar-refractivity contribution < 1.29 is 37.1 Å². The van der Waals surface area contributed by atoms with Crippen LogP contribution in [0.25, 0.3) is 0 Å². The van der Waals surface area contributed by atoms with Crippen LogP contribution in [0.4, 0.5) is 20.2 Å². The first kappa shape index (κ1) is 23.5. The zero-order valence-corrected chi connectivity index (χ0v) is 17.5. The number of amides is 1. The highest BCUT2D eigenvalue weighted by Gasteiger charge is 2.17. The lowest BCUT2D eigenvalue weighted by Gasteiger charge is -2.09. The van der Waals surface area contributed by atoms with Crippen LogP contribution in [0.5, 0.6) is 17.2 Å². The van der Waals surface area contributed by atoms with Gasteiger partial charge < -0.3 is 23.9 Å². The SMILES string of the molecule is CCOc1ccc(OCc2ccc(C(=O)Nc3cc(OCC(F)F)cc([N+](=O)[O-])c3)o2)cc1. The smallest absolute Gasteiger partial charge is 0.291 e. The Morgan fingerprint density at radius 3 is 2.36 bits per heavy atom. The zero-order chi connectivity index (χ0) is 23.8. The molecule has 3 rings (SSSR count). The van der Waals surface area contributed by atoms with E-state index in [-0.39, 0.29) is 23.8 Å². The number of hydrogen-bond acceptors (Lipinski definition) is 7. The molecule has 0 radical (unpaired) electrons. The van der Waals surface area contributed by atoms with Gasteiger partial charge in [-0.15, -0.1) is 0 Å². The predicted octanol–water partition coefficient (Wildman–Crippen LogP) is 5.06. The number of benzene rings is 2. The van der Waals surface area contributed by atoms with Gasteiger partial charge in [-0.05, 0) is 43.3 Å². The van der Waals surface area contributed by atoms with Crippen molar-refractivity contribution in [3.8, 4) is 17.2 Å². The normalized spacial score (nSPS) is 10.7. The highest BCUT2D eigenvalue weighted by molar-refractivity contribution is 6.02. The van der Waals surface area contributed by atoms with Crippen molar-refractivity contribution in [3.05, 3.63) is 76.2 Å². The summed E-state index contributed by atoms with van der Waals surface area (Å²) in [5.74, 6) is 0.724. The van der Waals surface area contributed by atoms with Crippen LogP contribution in [-0.2, 0) is 6.61 Å². The van der Waals surface area contributed by atoms with Gasteiger partial charge >= 0.3 is 0 Å². The summed E-state index contributed by atoms with van der Waals surface area (Å²) in [6.07, 6.45) is -2.76. The van der Waals surface area contributed by atoms with Gasteiger partial charge in [0.15, 0.2) is 5.76 Å². The van der Waals surface area contributed by atoms with Gasteiger partial charge in [-0.25, -0.2) is 8.78 Å². The molecule has 0 aliphatic heterocycles. The topological polar surface area (TPSA) is 113 Å². The maximum atomic E-state index is 12.5. The Balaban J connectivity index is 1.63. The molecule has 1 amide bonds. The van der Waals surface area contributed by atoms with Gasteiger partial charge in [0.1, 0.15) is 36.2 Å². The molecule has 11 heteroatoms. The second-order valence-corrected chi connectivity index (χ2v) is 6.59. The van der Waals surface area contributed by atoms with Crippen molar-refractivity contribution in [3.63, 3.8) is 0 Å². The molecular formula is C22H20F2N2O7. The van der Waals surface area contributed by atoms with Crippen LogP contribution in [-0.4, -0.2) is 30.5 Å². The molecule has 1 aromatic heterocycles. The van der Waals surface area contributed by atoms with Gasteiger partial charge in [0.05, 0.1) is 23.3 Å². The second-order valence-electron chi connectivity index (χ2n) is 6.59. The monoisotopic (exact) mass is 462 g/mol. The Kier molecular flexibility index (Phi) is 7.79. The molecule has 33 heavy (non-hydrogen) atoms. The fourth-order valence-corrected chi connectivity index (χ4v) is 2.73. The number of nitro groups is 1. The molecule has 0 atom stereocenters. The predicted molar refractivity (Wildman–Crippen MR) is 113 cm³/mol. The summed E-state index contributed by atoms with van der Waals surface area (Å²) in [5, 5.41) is 13.5. The average molecular weight is 462 g/mol. The highest BCUT2D eigenvalue weighted by Crippen LogP contribution is 2.27. The molecule has 0 aliphatic rings. The third-order valence-corrected chi connectivity index (χ3v) is 4.14. The lowest BCUT2D eigenvalue weighted by atomic mass is 10.2. The Labute approximate surface area is 187 Å². The van der Waals surface area contributed by atoms with Crippen LogP contribution in [0.1, 0.15) is 23.2 Å². The van der Waals surface area contributed by atoms with Crippen molar-refractivity contribution in [2.75, 3.05) is 18.5 Å². The first-order valence-electron chi connectivity index (χ1n) is 9.80. The number of ether oxygens (including phenoxy) is 3. The number of nitro benzene ring substituents is 1. The Hall–Kier alpha value is -4.15. The van der Waals surface area contributed by atoms with Crippen molar-refractivity contribution in [2.45, 2.75) is 20.0 Å². The van der Waals surface area contributed by atoms with Crippen molar-refractivity contribution >= 4 is 17.3 Å². The van der Waals surface area contributed by atoms with E-state index in [1.165, 1.54) is 12.1 Å². The third kappa shape index (κ3) is 6.92. The number of hydrogen-bond donors (Lipinski definition) is 1.